The first kappa shape index (κ1) is 22.5. The molecule has 6 nitrogen and oxygen atoms in total. The zero-order valence-electron chi connectivity index (χ0n) is 15.6. The number of aliphatic imine (C=N–C) groups is 1. The van der Waals surface area contributed by atoms with E-state index in [1.54, 1.807) is 0 Å². The van der Waals surface area contributed by atoms with Gasteiger partial charge in [-0.15, -0.1) is 24.0 Å². The highest BCUT2D eigenvalue weighted by atomic mass is 127. The van der Waals surface area contributed by atoms with Crippen molar-refractivity contribution in [3.05, 3.63) is 24.3 Å². The normalized spacial score (nSPS) is 14.8. The van der Waals surface area contributed by atoms with Crippen LogP contribution in [0, 0.1) is 0 Å². The minimum atomic E-state index is -0.130. The SMILES string of the molecule is CC(C)Oc1ccc(NC(N)=NCCCC(=O)OC2CCCC2)cc1.I. The Morgan fingerprint density at radius 2 is 1.92 bits per heavy atom. The Balaban J connectivity index is 0.00000338. The highest BCUT2D eigenvalue weighted by molar-refractivity contribution is 14.0. The van der Waals surface area contributed by atoms with Gasteiger partial charge in [0.15, 0.2) is 5.96 Å². The van der Waals surface area contributed by atoms with Crippen LogP contribution in [0.4, 0.5) is 5.69 Å². The lowest BCUT2D eigenvalue weighted by atomic mass is 10.3. The number of ether oxygens (including phenoxy) is 2. The Morgan fingerprint density at radius 1 is 1.27 bits per heavy atom. The van der Waals surface area contributed by atoms with Gasteiger partial charge in [0.1, 0.15) is 11.9 Å². The van der Waals surface area contributed by atoms with Gasteiger partial charge in [0, 0.05) is 18.7 Å². The zero-order valence-corrected chi connectivity index (χ0v) is 17.9. The van der Waals surface area contributed by atoms with Crippen molar-refractivity contribution >= 4 is 41.6 Å². The Kier molecular flexibility index (Phi) is 10.4. The highest BCUT2D eigenvalue weighted by Crippen LogP contribution is 2.21. The molecule has 2 rings (SSSR count). The number of nitrogens with zero attached hydrogens (tertiary/aromatic N) is 1. The van der Waals surface area contributed by atoms with E-state index in [0.29, 0.717) is 25.3 Å². The number of carbonyl (C=O) groups is 1. The van der Waals surface area contributed by atoms with Crippen LogP contribution in [-0.4, -0.2) is 30.7 Å². The van der Waals surface area contributed by atoms with E-state index in [4.69, 9.17) is 15.2 Å². The molecule has 1 aliphatic rings. The number of rotatable bonds is 8. The van der Waals surface area contributed by atoms with Crippen molar-refractivity contribution in [2.45, 2.75) is 64.6 Å². The lowest BCUT2D eigenvalue weighted by Gasteiger charge is -2.11. The van der Waals surface area contributed by atoms with Gasteiger partial charge in [0.05, 0.1) is 6.10 Å². The smallest absolute Gasteiger partial charge is 0.306 e. The second-order valence-electron chi connectivity index (χ2n) is 6.58. The van der Waals surface area contributed by atoms with Crippen LogP contribution < -0.4 is 15.8 Å². The van der Waals surface area contributed by atoms with Crippen molar-refractivity contribution < 1.29 is 14.3 Å². The number of hydrogen-bond acceptors (Lipinski definition) is 4. The number of hydrogen-bond donors (Lipinski definition) is 2. The summed E-state index contributed by atoms with van der Waals surface area (Å²) >= 11 is 0. The second kappa shape index (κ2) is 12.0. The molecule has 1 saturated carbocycles. The molecule has 1 aliphatic carbocycles. The molecule has 0 heterocycles. The Bertz CT molecular complexity index is 570. The van der Waals surface area contributed by atoms with Crippen LogP contribution in [0.15, 0.2) is 29.3 Å². The fourth-order valence-electron chi connectivity index (χ4n) is 2.75. The fourth-order valence-corrected chi connectivity index (χ4v) is 2.75. The summed E-state index contributed by atoms with van der Waals surface area (Å²) in [5.41, 5.74) is 6.71. The molecule has 0 unspecified atom stereocenters. The first-order valence-corrected chi connectivity index (χ1v) is 9.06. The molecule has 0 saturated heterocycles. The predicted octanol–water partition coefficient (Wildman–Crippen LogP) is 4.08. The van der Waals surface area contributed by atoms with E-state index in [-0.39, 0.29) is 42.2 Å². The van der Waals surface area contributed by atoms with Crippen LogP contribution in [-0.2, 0) is 9.53 Å². The molecule has 1 aromatic carbocycles. The lowest BCUT2D eigenvalue weighted by Crippen LogP contribution is -2.23. The molecule has 1 aromatic rings. The summed E-state index contributed by atoms with van der Waals surface area (Å²) in [7, 11) is 0. The molecule has 0 bridgehead atoms. The van der Waals surface area contributed by atoms with Crippen molar-refractivity contribution in [1.29, 1.82) is 0 Å². The Morgan fingerprint density at radius 3 is 2.54 bits per heavy atom. The van der Waals surface area contributed by atoms with E-state index in [9.17, 15) is 4.79 Å². The number of esters is 1. The predicted molar refractivity (Wildman–Crippen MR) is 115 cm³/mol. The summed E-state index contributed by atoms with van der Waals surface area (Å²) in [5, 5.41) is 3.03. The monoisotopic (exact) mass is 475 g/mol. The van der Waals surface area contributed by atoms with E-state index in [1.165, 1.54) is 0 Å². The Labute approximate surface area is 172 Å². The summed E-state index contributed by atoms with van der Waals surface area (Å²) in [6.45, 7) is 4.47. The van der Waals surface area contributed by atoms with Gasteiger partial charge in [-0.2, -0.15) is 0 Å². The molecule has 0 spiro atoms. The first-order chi connectivity index (χ1) is 12.0. The summed E-state index contributed by atoms with van der Waals surface area (Å²) in [5.74, 6) is 1.02. The maximum absolute atomic E-state index is 11.7. The van der Waals surface area contributed by atoms with Crippen LogP contribution >= 0.6 is 24.0 Å². The van der Waals surface area contributed by atoms with Gasteiger partial charge in [-0.05, 0) is 70.2 Å². The molecule has 0 aromatic heterocycles. The van der Waals surface area contributed by atoms with Gasteiger partial charge < -0.3 is 20.5 Å². The summed E-state index contributed by atoms with van der Waals surface area (Å²) in [6, 6.07) is 7.54. The van der Waals surface area contributed by atoms with E-state index in [1.807, 2.05) is 38.1 Å². The number of carbonyl (C=O) groups excluding carboxylic acids is 1. The van der Waals surface area contributed by atoms with Gasteiger partial charge in [0.2, 0.25) is 0 Å². The van der Waals surface area contributed by atoms with E-state index in [2.05, 4.69) is 10.3 Å². The van der Waals surface area contributed by atoms with Crippen molar-refractivity contribution in [3.8, 4) is 5.75 Å². The molecular weight excluding hydrogens is 445 g/mol. The summed E-state index contributed by atoms with van der Waals surface area (Å²) in [6.07, 6.45) is 5.62. The third-order valence-electron chi connectivity index (χ3n) is 3.92. The van der Waals surface area contributed by atoms with Crippen LogP contribution in [0.5, 0.6) is 5.75 Å². The van der Waals surface area contributed by atoms with Gasteiger partial charge in [-0.3, -0.25) is 9.79 Å². The third kappa shape index (κ3) is 8.73. The molecule has 1 fully saturated rings. The van der Waals surface area contributed by atoms with Gasteiger partial charge in [0.25, 0.3) is 0 Å². The van der Waals surface area contributed by atoms with Crippen molar-refractivity contribution in [2.24, 2.45) is 10.7 Å². The van der Waals surface area contributed by atoms with Gasteiger partial charge >= 0.3 is 5.97 Å². The number of nitrogens with two attached hydrogens (primary N) is 1. The number of benzene rings is 1. The minimum Gasteiger partial charge on any atom is -0.491 e. The molecule has 0 radical (unpaired) electrons. The summed E-state index contributed by atoms with van der Waals surface area (Å²) < 4.78 is 11.0. The second-order valence-corrected chi connectivity index (χ2v) is 6.58. The van der Waals surface area contributed by atoms with E-state index >= 15 is 0 Å². The average molecular weight is 475 g/mol. The lowest BCUT2D eigenvalue weighted by molar-refractivity contribution is -0.148. The van der Waals surface area contributed by atoms with Crippen molar-refractivity contribution in [2.75, 3.05) is 11.9 Å². The standard InChI is InChI=1S/C19H29N3O3.HI/c1-14(2)24-17-11-9-15(10-12-17)22-19(20)21-13-5-8-18(23)25-16-6-3-4-7-16;/h9-12,14,16H,3-8,13H2,1-2H3,(H3,20,21,22);1H. The molecule has 0 atom stereocenters. The third-order valence-corrected chi connectivity index (χ3v) is 3.92. The molecule has 3 N–H and O–H groups in total. The molecular formula is C19H30IN3O3. The molecule has 7 heteroatoms. The average Bonchev–Trinajstić information content (AvgIpc) is 3.06. The Hall–Kier alpha value is -1.51. The van der Waals surface area contributed by atoms with Gasteiger partial charge in [-0.1, -0.05) is 0 Å². The fraction of sp³-hybridized carbons (Fsp3) is 0.579. The molecule has 0 amide bonds. The van der Waals surface area contributed by atoms with Crippen molar-refractivity contribution in [1.82, 2.24) is 0 Å². The minimum absolute atomic E-state index is 0. The quantitative estimate of drug-likeness (QED) is 0.195. The first-order valence-electron chi connectivity index (χ1n) is 9.06. The highest BCUT2D eigenvalue weighted by Gasteiger charge is 2.18. The molecule has 146 valence electrons. The largest absolute Gasteiger partial charge is 0.491 e. The van der Waals surface area contributed by atoms with E-state index in [0.717, 1.165) is 37.1 Å². The summed E-state index contributed by atoms with van der Waals surface area (Å²) in [4.78, 5) is 16.0. The molecule has 0 aliphatic heterocycles. The number of guanidine groups is 1. The van der Waals surface area contributed by atoms with E-state index < -0.39 is 0 Å². The van der Waals surface area contributed by atoms with Crippen LogP contribution in [0.25, 0.3) is 0 Å². The maximum Gasteiger partial charge on any atom is 0.306 e. The number of anilines is 1. The maximum atomic E-state index is 11.7. The van der Waals surface area contributed by atoms with Gasteiger partial charge in [-0.25, -0.2) is 0 Å². The van der Waals surface area contributed by atoms with Crippen molar-refractivity contribution in [3.63, 3.8) is 0 Å². The topological polar surface area (TPSA) is 85.9 Å². The van der Waals surface area contributed by atoms with Crippen LogP contribution in [0.2, 0.25) is 0 Å². The van der Waals surface area contributed by atoms with Crippen LogP contribution in [0.3, 0.4) is 0 Å². The number of halogens is 1. The van der Waals surface area contributed by atoms with Crippen LogP contribution in [0.1, 0.15) is 52.4 Å². The number of nitrogens with one attached hydrogen (secondary N) is 1. The molecule has 26 heavy (non-hydrogen) atoms. The zero-order chi connectivity index (χ0) is 18.1.